The van der Waals surface area contributed by atoms with Crippen molar-refractivity contribution in [1.29, 1.82) is 0 Å². The fraction of sp³-hybridized carbons (Fsp3) is 0.133. The highest BCUT2D eigenvalue weighted by molar-refractivity contribution is 6.31. The number of phenols is 1. The van der Waals surface area contributed by atoms with Crippen LogP contribution in [-0.2, 0) is 0 Å². The van der Waals surface area contributed by atoms with Gasteiger partial charge in [0.1, 0.15) is 5.75 Å². The summed E-state index contributed by atoms with van der Waals surface area (Å²) in [5.74, 6) is 0.160. The molecule has 0 aliphatic rings. The van der Waals surface area contributed by atoms with Gasteiger partial charge in [0, 0.05) is 23.4 Å². The summed E-state index contributed by atoms with van der Waals surface area (Å²) in [5.41, 5.74) is 2.27. The molecule has 0 saturated heterocycles. The second-order valence-corrected chi connectivity index (χ2v) is 4.88. The lowest BCUT2D eigenvalue weighted by molar-refractivity contribution is 0.258. The van der Waals surface area contributed by atoms with Crippen molar-refractivity contribution in [2.24, 2.45) is 0 Å². The fourth-order valence-electron chi connectivity index (χ4n) is 1.67. The number of halogens is 1. The monoisotopic (exact) mass is 290 g/mol. The van der Waals surface area contributed by atoms with Gasteiger partial charge in [0.25, 0.3) is 0 Å². The van der Waals surface area contributed by atoms with E-state index >= 15 is 0 Å². The Morgan fingerprint density at radius 2 is 1.85 bits per heavy atom. The summed E-state index contributed by atoms with van der Waals surface area (Å²) in [6.45, 7) is 1.90. The Morgan fingerprint density at radius 3 is 2.45 bits per heavy atom. The Hall–Kier alpha value is -2.20. The average molecular weight is 291 g/mol. The van der Waals surface area contributed by atoms with Gasteiger partial charge in [-0.15, -0.1) is 0 Å². The van der Waals surface area contributed by atoms with Gasteiger partial charge < -0.3 is 10.4 Å². The zero-order valence-electron chi connectivity index (χ0n) is 11.2. The number of carbonyl (C=O) groups is 1. The maximum Gasteiger partial charge on any atom is 0.326 e. The number of amides is 2. The average Bonchev–Trinajstić information content (AvgIpc) is 2.43. The van der Waals surface area contributed by atoms with E-state index in [1.807, 2.05) is 13.0 Å². The SMILES string of the molecule is Cc1ccc(NC(=O)N(C)c2ccc(O)cc2)cc1Cl. The molecule has 0 spiro atoms. The number of carbonyl (C=O) groups excluding carboxylic acids is 1. The number of nitrogens with zero attached hydrogens (tertiary/aromatic N) is 1. The molecule has 20 heavy (non-hydrogen) atoms. The molecule has 4 nitrogen and oxygen atoms in total. The third-order valence-electron chi connectivity index (χ3n) is 2.96. The first kappa shape index (κ1) is 14.2. The van der Waals surface area contributed by atoms with Gasteiger partial charge in [-0.2, -0.15) is 0 Å². The standard InChI is InChI=1S/C15H15ClN2O2/c1-10-3-4-11(9-14(10)16)17-15(20)18(2)12-5-7-13(19)8-6-12/h3-9,19H,1-2H3,(H,17,20). The van der Waals surface area contributed by atoms with Gasteiger partial charge in [-0.25, -0.2) is 4.79 Å². The van der Waals surface area contributed by atoms with Crippen molar-refractivity contribution in [3.8, 4) is 5.75 Å². The molecule has 0 bridgehead atoms. The van der Waals surface area contributed by atoms with Gasteiger partial charge >= 0.3 is 6.03 Å². The summed E-state index contributed by atoms with van der Waals surface area (Å²) >= 11 is 6.02. The van der Waals surface area contributed by atoms with E-state index in [-0.39, 0.29) is 11.8 Å². The number of benzene rings is 2. The van der Waals surface area contributed by atoms with Gasteiger partial charge in [0.05, 0.1) is 0 Å². The molecule has 0 heterocycles. The lowest BCUT2D eigenvalue weighted by Gasteiger charge is -2.18. The van der Waals surface area contributed by atoms with Crippen LogP contribution < -0.4 is 10.2 Å². The highest BCUT2D eigenvalue weighted by Crippen LogP contribution is 2.21. The normalized spacial score (nSPS) is 10.2. The second-order valence-electron chi connectivity index (χ2n) is 4.47. The second kappa shape index (κ2) is 5.84. The van der Waals surface area contributed by atoms with Crippen LogP contribution in [0, 0.1) is 6.92 Å². The largest absolute Gasteiger partial charge is 0.508 e. The highest BCUT2D eigenvalue weighted by Gasteiger charge is 2.11. The first-order valence-electron chi connectivity index (χ1n) is 6.07. The number of aryl methyl sites for hydroxylation is 1. The minimum Gasteiger partial charge on any atom is -0.508 e. The molecule has 0 saturated carbocycles. The number of phenolic OH excluding ortho intramolecular Hbond substituents is 1. The molecular formula is C15H15ClN2O2. The zero-order chi connectivity index (χ0) is 14.7. The molecule has 0 radical (unpaired) electrons. The van der Waals surface area contributed by atoms with Crippen molar-refractivity contribution in [2.75, 3.05) is 17.3 Å². The lowest BCUT2D eigenvalue weighted by Crippen LogP contribution is -2.31. The minimum absolute atomic E-state index is 0.160. The van der Waals surface area contributed by atoms with Crippen molar-refractivity contribution in [2.45, 2.75) is 6.92 Å². The molecule has 2 amide bonds. The van der Waals surface area contributed by atoms with Crippen molar-refractivity contribution >= 4 is 29.0 Å². The van der Waals surface area contributed by atoms with Crippen molar-refractivity contribution < 1.29 is 9.90 Å². The smallest absolute Gasteiger partial charge is 0.326 e. The van der Waals surface area contributed by atoms with Gasteiger partial charge in [-0.1, -0.05) is 17.7 Å². The van der Waals surface area contributed by atoms with E-state index in [4.69, 9.17) is 11.6 Å². The molecule has 0 aliphatic carbocycles. The van der Waals surface area contributed by atoms with E-state index in [1.54, 1.807) is 31.3 Å². The molecule has 0 aliphatic heterocycles. The van der Waals surface area contributed by atoms with Crippen molar-refractivity contribution in [3.63, 3.8) is 0 Å². The van der Waals surface area contributed by atoms with Crippen LogP contribution in [0.15, 0.2) is 42.5 Å². The van der Waals surface area contributed by atoms with Crippen LogP contribution in [-0.4, -0.2) is 18.2 Å². The predicted octanol–water partition coefficient (Wildman–Crippen LogP) is 4.02. The Kier molecular flexibility index (Phi) is 4.15. The summed E-state index contributed by atoms with van der Waals surface area (Å²) in [4.78, 5) is 13.6. The first-order valence-corrected chi connectivity index (χ1v) is 6.45. The maximum atomic E-state index is 12.1. The molecule has 0 unspecified atom stereocenters. The first-order chi connectivity index (χ1) is 9.47. The molecule has 0 aromatic heterocycles. The van der Waals surface area contributed by atoms with E-state index in [0.29, 0.717) is 16.4 Å². The van der Waals surface area contributed by atoms with Crippen LogP contribution in [0.4, 0.5) is 16.2 Å². The number of rotatable bonds is 2. The van der Waals surface area contributed by atoms with Crippen LogP contribution in [0.2, 0.25) is 5.02 Å². The van der Waals surface area contributed by atoms with E-state index in [2.05, 4.69) is 5.32 Å². The Labute approximate surface area is 122 Å². The summed E-state index contributed by atoms with van der Waals surface area (Å²) in [6, 6.07) is 11.5. The third kappa shape index (κ3) is 3.22. The van der Waals surface area contributed by atoms with E-state index in [1.165, 1.54) is 17.0 Å². The van der Waals surface area contributed by atoms with Crippen LogP contribution in [0.25, 0.3) is 0 Å². The van der Waals surface area contributed by atoms with E-state index < -0.39 is 0 Å². The molecule has 2 aromatic rings. The molecule has 0 atom stereocenters. The molecule has 104 valence electrons. The summed E-state index contributed by atoms with van der Waals surface area (Å²) in [6.07, 6.45) is 0. The lowest BCUT2D eigenvalue weighted by atomic mass is 10.2. The molecule has 2 rings (SSSR count). The molecule has 2 aromatic carbocycles. The number of anilines is 2. The molecule has 2 N–H and O–H groups in total. The third-order valence-corrected chi connectivity index (χ3v) is 3.37. The number of hydrogen-bond acceptors (Lipinski definition) is 2. The fourth-order valence-corrected chi connectivity index (χ4v) is 1.85. The Bertz CT molecular complexity index is 626. The minimum atomic E-state index is -0.282. The number of hydrogen-bond donors (Lipinski definition) is 2. The number of urea groups is 1. The van der Waals surface area contributed by atoms with Crippen molar-refractivity contribution in [1.82, 2.24) is 0 Å². The summed E-state index contributed by atoms with van der Waals surface area (Å²) < 4.78 is 0. The van der Waals surface area contributed by atoms with Crippen molar-refractivity contribution in [3.05, 3.63) is 53.1 Å². The summed E-state index contributed by atoms with van der Waals surface area (Å²) in [7, 11) is 1.65. The van der Waals surface area contributed by atoms with Crippen LogP contribution in [0.1, 0.15) is 5.56 Å². The molecular weight excluding hydrogens is 276 g/mol. The molecule has 0 fully saturated rings. The topological polar surface area (TPSA) is 52.6 Å². The highest BCUT2D eigenvalue weighted by atomic mass is 35.5. The van der Waals surface area contributed by atoms with Crippen LogP contribution >= 0.6 is 11.6 Å². The molecule has 5 heteroatoms. The van der Waals surface area contributed by atoms with E-state index in [9.17, 15) is 9.90 Å². The Balaban J connectivity index is 2.11. The zero-order valence-corrected chi connectivity index (χ0v) is 12.0. The Morgan fingerprint density at radius 1 is 1.20 bits per heavy atom. The van der Waals surface area contributed by atoms with Gasteiger partial charge in [-0.05, 0) is 48.9 Å². The van der Waals surface area contributed by atoms with Crippen LogP contribution in [0.3, 0.4) is 0 Å². The van der Waals surface area contributed by atoms with Crippen LogP contribution in [0.5, 0.6) is 5.75 Å². The van der Waals surface area contributed by atoms with Gasteiger partial charge in [0.2, 0.25) is 0 Å². The maximum absolute atomic E-state index is 12.1. The van der Waals surface area contributed by atoms with Gasteiger partial charge in [0.15, 0.2) is 0 Å². The van der Waals surface area contributed by atoms with E-state index in [0.717, 1.165) is 5.56 Å². The predicted molar refractivity (Wildman–Crippen MR) is 81.7 cm³/mol. The number of aromatic hydroxyl groups is 1. The van der Waals surface area contributed by atoms with Gasteiger partial charge in [-0.3, -0.25) is 4.90 Å². The quantitative estimate of drug-likeness (QED) is 0.877. The summed E-state index contributed by atoms with van der Waals surface area (Å²) in [5, 5.41) is 12.6. The number of nitrogens with one attached hydrogen (secondary N) is 1.